The van der Waals surface area contributed by atoms with E-state index in [-0.39, 0.29) is 0 Å². The zero-order valence-corrected chi connectivity index (χ0v) is 9.57. The first kappa shape index (κ1) is 13.4. The van der Waals surface area contributed by atoms with Gasteiger partial charge in [-0.15, -0.1) is 0 Å². The molecule has 0 spiro atoms. The third-order valence-electron chi connectivity index (χ3n) is 2.25. The summed E-state index contributed by atoms with van der Waals surface area (Å²) in [6, 6.07) is 6.93. The summed E-state index contributed by atoms with van der Waals surface area (Å²) in [4.78, 5) is 0. The van der Waals surface area contributed by atoms with Crippen molar-refractivity contribution in [2.45, 2.75) is 26.2 Å². The van der Waals surface area contributed by atoms with Gasteiger partial charge in [0.2, 0.25) is 0 Å². The molecule has 17 heavy (non-hydrogen) atoms. The predicted molar refractivity (Wildman–Crippen MR) is 61.2 cm³/mol. The van der Waals surface area contributed by atoms with Gasteiger partial charge in [0, 0.05) is 0 Å². The van der Waals surface area contributed by atoms with Crippen LogP contribution < -0.4 is 4.74 Å². The maximum absolute atomic E-state index is 11.9. The molecule has 94 valence electrons. The topological polar surface area (TPSA) is 41.8 Å². The van der Waals surface area contributed by atoms with Crippen molar-refractivity contribution in [3.05, 3.63) is 29.8 Å². The predicted octanol–water partition coefficient (Wildman–Crippen LogP) is 3.11. The first-order chi connectivity index (χ1) is 8.11. The lowest BCUT2D eigenvalue weighted by Gasteiger charge is -2.06. The van der Waals surface area contributed by atoms with Crippen molar-refractivity contribution in [3.63, 3.8) is 0 Å². The number of benzene rings is 1. The Morgan fingerprint density at radius 3 is 2.53 bits per heavy atom. The Hall–Kier alpha value is -1.65. The standard InChI is InChI=1S/C12H15F2NO2/c1-9(15-16)2-3-10-4-6-11(7-5-10)17-8-12(13)14/h4-7,12,16H,2-3,8H2,1H3/b15-9+. The molecule has 1 aromatic carbocycles. The summed E-state index contributed by atoms with van der Waals surface area (Å²) >= 11 is 0. The monoisotopic (exact) mass is 243 g/mol. The molecule has 1 aromatic rings. The first-order valence-corrected chi connectivity index (χ1v) is 5.29. The Balaban J connectivity index is 2.44. The number of hydrogen-bond acceptors (Lipinski definition) is 3. The summed E-state index contributed by atoms with van der Waals surface area (Å²) in [7, 11) is 0. The minimum Gasteiger partial charge on any atom is -0.488 e. The van der Waals surface area contributed by atoms with Crippen LogP contribution in [0.15, 0.2) is 29.4 Å². The van der Waals surface area contributed by atoms with E-state index in [4.69, 9.17) is 9.94 Å². The van der Waals surface area contributed by atoms with Gasteiger partial charge < -0.3 is 9.94 Å². The lowest BCUT2D eigenvalue weighted by atomic mass is 10.1. The Morgan fingerprint density at radius 1 is 1.35 bits per heavy atom. The Bertz CT molecular complexity index is 363. The second kappa shape index (κ2) is 6.83. The third kappa shape index (κ3) is 5.29. The van der Waals surface area contributed by atoms with Gasteiger partial charge in [-0.25, -0.2) is 8.78 Å². The number of halogens is 2. The van der Waals surface area contributed by atoms with Crippen molar-refractivity contribution in [2.75, 3.05) is 6.61 Å². The van der Waals surface area contributed by atoms with Crippen molar-refractivity contribution >= 4 is 5.71 Å². The maximum atomic E-state index is 11.9. The molecule has 0 aliphatic rings. The lowest BCUT2D eigenvalue weighted by Crippen LogP contribution is -2.06. The lowest BCUT2D eigenvalue weighted by molar-refractivity contribution is 0.0819. The van der Waals surface area contributed by atoms with Gasteiger partial charge >= 0.3 is 0 Å². The second-order valence-electron chi connectivity index (χ2n) is 3.68. The number of hydrogen-bond donors (Lipinski definition) is 1. The van der Waals surface area contributed by atoms with Crippen LogP contribution in [0.2, 0.25) is 0 Å². The number of rotatable bonds is 6. The molecule has 0 amide bonds. The molecule has 5 heteroatoms. The number of alkyl halides is 2. The van der Waals surface area contributed by atoms with E-state index in [0.29, 0.717) is 17.9 Å². The Morgan fingerprint density at radius 2 is 2.00 bits per heavy atom. The van der Waals surface area contributed by atoms with Crippen LogP contribution in [-0.2, 0) is 6.42 Å². The van der Waals surface area contributed by atoms with Crippen LogP contribution in [0.1, 0.15) is 18.9 Å². The van der Waals surface area contributed by atoms with E-state index in [1.165, 1.54) is 0 Å². The molecule has 1 N–H and O–H groups in total. The highest BCUT2D eigenvalue weighted by Gasteiger charge is 2.03. The number of oxime groups is 1. The molecule has 0 aliphatic carbocycles. The van der Waals surface area contributed by atoms with Crippen LogP contribution in [0, 0.1) is 0 Å². The molecule has 0 saturated carbocycles. The van der Waals surface area contributed by atoms with Gasteiger partial charge in [0.15, 0.2) is 0 Å². The summed E-state index contributed by atoms with van der Waals surface area (Å²) in [5, 5.41) is 11.6. The molecule has 1 rings (SSSR count). The van der Waals surface area contributed by atoms with Gasteiger partial charge in [0.1, 0.15) is 12.4 Å². The largest absolute Gasteiger partial charge is 0.488 e. The molecular weight excluding hydrogens is 228 g/mol. The SMILES string of the molecule is C/C(CCc1ccc(OCC(F)F)cc1)=N\O. The molecule has 0 radical (unpaired) electrons. The minimum atomic E-state index is -2.46. The van der Waals surface area contributed by atoms with E-state index >= 15 is 0 Å². The van der Waals surface area contributed by atoms with Gasteiger partial charge in [-0.2, -0.15) is 0 Å². The highest BCUT2D eigenvalue weighted by Crippen LogP contribution is 2.14. The number of nitrogens with zero attached hydrogens (tertiary/aromatic N) is 1. The molecule has 0 atom stereocenters. The van der Waals surface area contributed by atoms with Crippen molar-refractivity contribution in [2.24, 2.45) is 5.16 Å². The highest BCUT2D eigenvalue weighted by atomic mass is 19.3. The summed E-state index contributed by atoms with van der Waals surface area (Å²) in [6.07, 6.45) is -1.06. The fraction of sp³-hybridized carbons (Fsp3) is 0.417. The molecule has 0 bridgehead atoms. The normalized spacial score (nSPS) is 11.9. The quantitative estimate of drug-likeness (QED) is 0.474. The van der Waals surface area contributed by atoms with Crippen LogP contribution >= 0.6 is 0 Å². The molecule has 0 aliphatic heterocycles. The molecular formula is C12H15F2NO2. The van der Waals surface area contributed by atoms with Crippen molar-refractivity contribution < 1.29 is 18.7 Å². The van der Waals surface area contributed by atoms with E-state index < -0.39 is 13.0 Å². The van der Waals surface area contributed by atoms with Crippen LogP contribution in [0.25, 0.3) is 0 Å². The second-order valence-corrected chi connectivity index (χ2v) is 3.68. The van der Waals surface area contributed by atoms with E-state index in [1.54, 1.807) is 19.1 Å². The number of aryl methyl sites for hydroxylation is 1. The van der Waals surface area contributed by atoms with Gasteiger partial charge in [-0.1, -0.05) is 17.3 Å². The molecule has 0 unspecified atom stereocenters. The molecule has 0 aromatic heterocycles. The smallest absolute Gasteiger partial charge is 0.272 e. The summed E-state index contributed by atoms with van der Waals surface area (Å²) < 4.78 is 28.6. The molecule has 0 fully saturated rings. The number of ether oxygens (including phenoxy) is 1. The summed E-state index contributed by atoms with van der Waals surface area (Å²) in [5.74, 6) is 0.432. The fourth-order valence-electron chi connectivity index (χ4n) is 1.29. The third-order valence-corrected chi connectivity index (χ3v) is 2.25. The minimum absolute atomic E-state index is 0.432. The highest BCUT2D eigenvalue weighted by molar-refractivity contribution is 5.81. The van der Waals surface area contributed by atoms with Crippen molar-refractivity contribution in [1.82, 2.24) is 0 Å². The van der Waals surface area contributed by atoms with E-state index in [2.05, 4.69) is 5.16 Å². The van der Waals surface area contributed by atoms with Crippen LogP contribution in [0.3, 0.4) is 0 Å². The fourth-order valence-corrected chi connectivity index (χ4v) is 1.29. The Labute approximate surface area is 98.7 Å². The maximum Gasteiger partial charge on any atom is 0.272 e. The van der Waals surface area contributed by atoms with Crippen molar-refractivity contribution in [3.8, 4) is 5.75 Å². The zero-order valence-electron chi connectivity index (χ0n) is 9.57. The van der Waals surface area contributed by atoms with Gasteiger partial charge in [-0.05, 0) is 37.5 Å². The molecule has 0 heterocycles. The van der Waals surface area contributed by atoms with Gasteiger partial charge in [0.05, 0.1) is 5.71 Å². The van der Waals surface area contributed by atoms with Crippen LogP contribution in [-0.4, -0.2) is 24.0 Å². The van der Waals surface area contributed by atoms with E-state index in [9.17, 15) is 8.78 Å². The summed E-state index contributed by atoms with van der Waals surface area (Å²) in [6.45, 7) is 1.15. The first-order valence-electron chi connectivity index (χ1n) is 5.29. The van der Waals surface area contributed by atoms with E-state index in [1.807, 2.05) is 12.1 Å². The Kier molecular flexibility index (Phi) is 5.39. The molecule has 0 saturated heterocycles. The zero-order chi connectivity index (χ0) is 12.7. The van der Waals surface area contributed by atoms with Gasteiger partial charge in [-0.3, -0.25) is 0 Å². The van der Waals surface area contributed by atoms with Crippen molar-refractivity contribution in [1.29, 1.82) is 0 Å². The average Bonchev–Trinajstić information content (AvgIpc) is 2.34. The van der Waals surface area contributed by atoms with Crippen LogP contribution in [0.4, 0.5) is 8.78 Å². The summed E-state index contributed by atoms with van der Waals surface area (Å²) in [5.41, 5.74) is 1.69. The van der Waals surface area contributed by atoms with Crippen LogP contribution in [0.5, 0.6) is 5.75 Å². The van der Waals surface area contributed by atoms with E-state index in [0.717, 1.165) is 12.0 Å². The molecule has 3 nitrogen and oxygen atoms in total. The average molecular weight is 243 g/mol. The van der Waals surface area contributed by atoms with Gasteiger partial charge in [0.25, 0.3) is 6.43 Å².